The van der Waals surface area contributed by atoms with E-state index in [4.69, 9.17) is 10.9 Å². The van der Waals surface area contributed by atoms with Gasteiger partial charge in [-0.1, -0.05) is 5.16 Å². The van der Waals surface area contributed by atoms with Crippen LogP contribution in [0.4, 0.5) is 5.69 Å². The lowest BCUT2D eigenvalue weighted by Gasteiger charge is -2.04. The van der Waals surface area contributed by atoms with E-state index in [0.717, 1.165) is 22.5 Å². The van der Waals surface area contributed by atoms with E-state index >= 15 is 0 Å². The molecule has 0 saturated heterocycles. The summed E-state index contributed by atoms with van der Waals surface area (Å²) in [5, 5.41) is 27.7. The molecular formula is C11H12N6O3S. The molecule has 0 unspecified atom stereocenters. The van der Waals surface area contributed by atoms with Crippen LogP contribution in [0.5, 0.6) is 0 Å². The molecule has 2 heterocycles. The molecule has 0 amide bonds. The van der Waals surface area contributed by atoms with Gasteiger partial charge in [-0.2, -0.15) is 5.10 Å². The number of aromatic nitrogens is 3. The number of nitrogens with two attached hydrogens (primary N) is 1. The van der Waals surface area contributed by atoms with Gasteiger partial charge in [0.25, 0.3) is 0 Å². The number of oxime groups is 1. The van der Waals surface area contributed by atoms with Crippen LogP contribution in [0.1, 0.15) is 11.3 Å². The zero-order valence-corrected chi connectivity index (χ0v) is 12.0. The smallest absolute Gasteiger partial charge is 0.302 e. The van der Waals surface area contributed by atoms with Crippen LogP contribution >= 0.6 is 11.8 Å². The minimum atomic E-state index is -0.563. The second-order valence-electron chi connectivity index (χ2n) is 4.14. The predicted molar refractivity (Wildman–Crippen MR) is 75.5 cm³/mol. The molecule has 9 nitrogen and oxygen atoms in total. The highest BCUT2D eigenvalue weighted by Gasteiger charge is 2.20. The molecule has 0 spiro atoms. The van der Waals surface area contributed by atoms with E-state index in [2.05, 4.69) is 15.2 Å². The summed E-state index contributed by atoms with van der Waals surface area (Å²) in [6.07, 6.45) is 1.31. The molecule has 0 bridgehead atoms. The molecule has 0 aromatic carbocycles. The Morgan fingerprint density at radius 1 is 1.57 bits per heavy atom. The van der Waals surface area contributed by atoms with E-state index < -0.39 is 4.92 Å². The summed E-state index contributed by atoms with van der Waals surface area (Å²) < 4.78 is 1.61. The number of pyridine rings is 1. The Balaban J connectivity index is 2.44. The van der Waals surface area contributed by atoms with Crippen molar-refractivity contribution in [3.63, 3.8) is 0 Å². The first-order valence-electron chi connectivity index (χ1n) is 5.73. The van der Waals surface area contributed by atoms with Crippen LogP contribution in [-0.4, -0.2) is 30.7 Å². The van der Waals surface area contributed by atoms with Crippen molar-refractivity contribution in [2.75, 3.05) is 0 Å². The number of aryl methyl sites for hydroxylation is 2. The molecule has 0 aliphatic heterocycles. The second-order valence-corrected chi connectivity index (χ2v) is 5.15. The van der Waals surface area contributed by atoms with Crippen LogP contribution < -0.4 is 5.73 Å². The first-order chi connectivity index (χ1) is 9.92. The molecule has 2 aromatic heterocycles. The molecule has 2 aromatic rings. The maximum atomic E-state index is 11.2. The van der Waals surface area contributed by atoms with Crippen molar-refractivity contribution in [2.45, 2.75) is 17.0 Å². The highest BCUT2D eigenvalue weighted by atomic mass is 32.2. The second kappa shape index (κ2) is 5.79. The van der Waals surface area contributed by atoms with Crippen LogP contribution in [0.3, 0.4) is 0 Å². The van der Waals surface area contributed by atoms with Crippen molar-refractivity contribution >= 4 is 23.3 Å². The lowest BCUT2D eigenvalue weighted by molar-refractivity contribution is -0.388. The van der Waals surface area contributed by atoms with Gasteiger partial charge in [-0.15, -0.1) is 0 Å². The van der Waals surface area contributed by atoms with Crippen LogP contribution in [0, 0.1) is 17.0 Å². The van der Waals surface area contributed by atoms with Crippen molar-refractivity contribution in [3.05, 3.63) is 39.7 Å². The van der Waals surface area contributed by atoms with E-state index in [1.807, 2.05) is 6.92 Å². The monoisotopic (exact) mass is 308 g/mol. The molecule has 21 heavy (non-hydrogen) atoms. The quantitative estimate of drug-likeness (QED) is 0.286. The minimum absolute atomic E-state index is 0.176. The van der Waals surface area contributed by atoms with Crippen molar-refractivity contribution in [1.29, 1.82) is 0 Å². The highest BCUT2D eigenvalue weighted by molar-refractivity contribution is 7.99. The summed E-state index contributed by atoms with van der Waals surface area (Å²) >= 11 is 1.12. The molecule has 0 atom stereocenters. The molecule has 0 fully saturated rings. The van der Waals surface area contributed by atoms with Crippen molar-refractivity contribution in [3.8, 4) is 0 Å². The lowest BCUT2D eigenvalue weighted by Crippen LogP contribution is -2.14. The first kappa shape index (κ1) is 14.8. The van der Waals surface area contributed by atoms with Gasteiger partial charge in [0, 0.05) is 24.9 Å². The third-order valence-electron chi connectivity index (χ3n) is 2.59. The van der Waals surface area contributed by atoms with Crippen molar-refractivity contribution < 1.29 is 10.1 Å². The Kier molecular flexibility index (Phi) is 4.08. The molecule has 2 rings (SSSR count). The molecule has 3 N–H and O–H groups in total. The SMILES string of the molecule is Cc1cc(Sc2ncc(/C(N)=N/O)cc2[N+](=O)[O-])n(C)n1. The van der Waals surface area contributed by atoms with Crippen LogP contribution in [0.25, 0.3) is 0 Å². The number of nitrogens with zero attached hydrogens (tertiary/aromatic N) is 5. The van der Waals surface area contributed by atoms with Gasteiger partial charge in [0.1, 0.15) is 5.03 Å². The third-order valence-corrected chi connectivity index (χ3v) is 3.69. The normalized spacial score (nSPS) is 11.6. The standard InChI is InChI=1S/C11H12N6O3S/c1-6-3-9(16(2)14-6)21-11-8(17(19)20)4-7(5-13-11)10(12)15-18/h3-5,18H,1-2H3,(H2,12,15). The Labute approximate surface area is 123 Å². The largest absolute Gasteiger partial charge is 0.409 e. The van der Waals surface area contributed by atoms with Gasteiger partial charge in [0.15, 0.2) is 10.9 Å². The number of amidine groups is 1. The van der Waals surface area contributed by atoms with E-state index in [9.17, 15) is 10.1 Å². The summed E-state index contributed by atoms with van der Waals surface area (Å²) in [6.45, 7) is 1.83. The van der Waals surface area contributed by atoms with E-state index in [0.29, 0.717) is 0 Å². The molecule has 10 heteroatoms. The molecular weight excluding hydrogens is 296 g/mol. The number of hydrogen-bond acceptors (Lipinski definition) is 7. The molecule has 0 aliphatic carbocycles. The number of hydrogen-bond donors (Lipinski definition) is 2. The minimum Gasteiger partial charge on any atom is -0.409 e. The van der Waals surface area contributed by atoms with Gasteiger partial charge in [-0.25, -0.2) is 4.98 Å². The summed E-state index contributed by atoms with van der Waals surface area (Å²) in [4.78, 5) is 14.6. The summed E-state index contributed by atoms with van der Waals surface area (Å²) in [7, 11) is 1.74. The fourth-order valence-corrected chi connectivity index (χ4v) is 2.57. The Morgan fingerprint density at radius 2 is 2.29 bits per heavy atom. The van der Waals surface area contributed by atoms with E-state index in [-0.39, 0.29) is 22.1 Å². The zero-order valence-electron chi connectivity index (χ0n) is 11.2. The van der Waals surface area contributed by atoms with Gasteiger partial charge < -0.3 is 10.9 Å². The van der Waals surface area contributed by atoms with Gasteiger partial charge >= 0.3 is 5.69 Å². The zero-order chi connectivity index (χ0) is 15.6. The number of rotatable bonds is 4. The fraction of sp³-hybridized carbons (Fsp3) is 0.182. The van der Waals surface area contributed by atoms with Crippen molar-refractivity contribution in [2.24, 2.45) is 17.9 Å². The van der Waals surface area contributed by atoms with E-state index in [1.54, 1.807) is 17.8 Å². The first-order valence-corrected chi connectivity index (χ1v) is 6.55. The molecule has 0 saturated carbocycles. The maximum absolute atomic E-state index is 11.2. The summed E-state index contributed by atoms with van der Waals surface area (Å²) in [5.41, 5.74) is 6.17. The van der Waals surface area contributed by atoms with E-state index in [1.165, 1.54) is 12.3 Å². The van der Waals surface area contributed by atoms with Crippen LogP contribution in [-0.2, 0) is 7.05 Å². The van der Waals surface area contributed by atoms with Gasteiger partial charge in [-0.3, -0.25) is 14.8 Å². The van der Waals surface area contributed by atoms with Gasteiger partial charge in [0.2, 0.25) is 0 Å². The maximum Gasteiger partial charge on any atom is 0.302 e. The Hall–Kier alpha value is -2.62. The predicted octanol–water partition coefficient (Wildman–Crippen LogP) is 1.28. The summed E-state index contributed by atoms with van der Waals surface area (Å²) in [5.74, 6) is -0.237. The van der Waals surface area contributed by atoms with Crippen LogP contribution in [0.15, 0.2) is 33.5 Å². The topological polar surface area (TPSA) is 132 Å². The van der Waals surface area contributed by atoms with Gasteiger partial charge in [-0.05, 0) is 24.8 Å². The van der Waals surface area contributed by atoms with Gasteiger partial charge in [0.05, 0.1) is 10.6 Å². The van der Waals surface area contributed by atoms with Crippen LogP contribution in [0.2, 0.25) is 0 Å². The Morgan fingerprint density at radius 3 is 2.81 bits per heavy atom. The van der Waals surface area contributed by atoms with Crippen molar-refractivity contribution in [1.82, 2.24) is 14.8 Å². The fourth-order valence-electron chi connectivity index (χ4n) is 1.63. The summed E-state index contributed by atoms with van der Waals surface area (Å²) in [6, 6.07) is 3.02. The lowest BCUT2D eigenvalue weighted by atomic mass is 10.2. The number of nitro groups is 1. The Bertz CT molecular complexity index is 727. The average Bonchev–Trinajstić information content (AvgIpc) is 2.76. The average molecular weight is 308 g/mol. The highest BCUT2D eigenvalue weighted by Crippen LogP contribution is 2.33. The molecule has 0 aliphatic rings. The molecule has 110 valence electrons. The molecule has 0 radical (unpaired) electrons. The third kappa shape index (κ3) is 3.11.